The third kappa shape index (κ3) is 3.16. The zero-order valence-corrected chi connectivity index (χ0v) is 10.0. The average Bonchev–Trinajstić information content (AvgIpc) is 2.16. The van der Waals surface area contributed by atoms with Crippen molar-refractivity contribution >= 4 is 15.8 Å². The summed E-state index contributed by atoms with van der Waals surface area (Å²) in [7, 11) is -1.75. The zero-order valence-electron chi connectivity index (χ0n) is 9.23. The lowest BCUT2D eigenvalue weighted by atomic mass is 9.95. The molecule has 0 bridgehead atoms. The molecule has 1 unspecified atom stereocenters. The van der Waals surface area contributed by atoms with Gasteiger partial charge in [0.05, 0.1) is 18.1 Å². The topological polar surface area (TPSA) is 92.7 Å². The summed E-state index contributed by atoms with van der Waals surface area (Å²) in [5, 5.41) is 11.9. The third-order valence-corrected chi connectivity index (χ3v) is 4.55. The predicted molar refractivity (Wildman–Crippen MR) is 58.1 cm³/mol. The van der Waals surface area contributed by atoms with Crippen LogP contribution < -0.4 is 5.32 Å². The number of carboxylic acids is 1. The van der Waals surface area contributed by atoms with Gasteiger partial charge in [-0.3, -0.25) is 10.1 Å². The number of hydrogen-bond acceptors (Lipinski definition) is 5. The van der Waals surface area contributed by atoms with E-state index in [1.165, 1.54) is 7.11 Å². The number of rotatable bonds is 5. The molecule has 0 saturated carbocycles. The predicted octanol–water partition coefficient (Wildman–Crippen LogP) is -0.746. The lowest BCUT2D eigenvalue weighted by Crippen LogP contribution is -2.59. The van der Waals surface area contributed by atoms with E-state index in [1.54, 1.807) is 0 Å². The summed E-state index contributed by atoms with van der Waals surface area (Å²) in [6.45, 7) is 0.688. The largest absolute Gasteiger partial charge is 0.480 e. The van der Waals surface area contributed by atoms with Crippen LogP contribution in [0, 0.1) is 0 Å². The van der Waals surface area contributed by atoms with E-state index in [9.17, 15) is 13.2 Å². The van der Waals surface area contributed by atoms with Crippen LogP contribution in [0.5, 0.6) is 0 Å². The van der Waals surface area contributed by atoms with Gasteiger partial charge in [0.25, 0.3) is 0 Å². The molecule has 2 N–H and O–H groups in total. The highest BCUT2D eigenvalue weighted by molar-refractivity contribution is 7.91. The van der Waals surface area contributed by atoms with E-state index < -0.39 is 21.3 Å². The third-order valence-electron chi connectivity index (χ3n) is 2.70. The van der Waals surface area contributed by atoms with Gasteiger partial charge < -0.3 is 9.84 Å². The molecule has 1 heterocycles. The highest BCUT2D eigenvalue weighted by Crippen LogP contribution is 2.23. The van der Waals surface area contributed by atoms with E-state index in [0.717, 1.165) is 0 Å². The summed E-state index contributed by atoms with van der Waals surface area (Å²) < 4.78 is 27.7. The van der Waals surface area contributed by atoms with Crippen molar-refractivity contribution in [3.05, 3.63) is 0 Å². The van der Waals surface area contributed by atoms with Crippen molar-refractivity contribution in [3.63, 3.8) is 0 Å². The second-order valence-corrected chi connectivity index (χ2v) is 6.19. The zero-order chi connectivity index (χ0) is 12.2. The molecule has 1 aliphatic heterocycles. The second kappa shape index (κ2) is 5.11. The molecule has 1 aliphatic rings. The fourth-order valence-corrected chi connectivity index (χ4v) is 3.74. The highest BCUT2D eigenvalue weighted by atomic mass is 32.2. The Morgan fingerprint density at radius 3 is 2.75 bits per heavy atom. The Balaban J connectivity index is 2.76. The van der Waals surface area contributed by atoms with Gasteiger partial charge in [-0.25, -0.2) is 8.42 Å². The van der Waals surface area contributed by atoms with E-state index >= 15 is 0 Å². The minimum atomic E-state index is -3.26. The van der Waals surface area contributed by atoms with Crippen molar-refractivity contribution < 1.29 is 23.1 Å². The molecular formula is C9H17NO5S. The Bertz CT molecular complexity index is 353. The summed E-state index contributed by atoms with van der Waals surface area (Å²) in [5.74, 6) is -1.36. The van der Waals surface area contributed by atoms with Gasteiger partial charge in [-0.1, -0.05) is 0 Å². The molecule has 16 heavy (non-hydrogen) atoms. The first-order chi connectivity index (χ1) is 7.42. The maximum atomic E-state index is 11.5. The maximum Gasteiger partial charge on any atom is 0.324 e. The quantitative estimate of drug-likeness (QED) is 0.625. The van der Waals surface area contributed by atoms with Crippen molar-refractivity contribution in [3.8, 4) is 0 Å². The molecule has 0 aliphatic carbocycles. The molecule has 1 fully saturated rings. The lowest BCUT2D eigenvalue weighted by molar-refractivity contribution is -0.144. The van der Waals surface area contributed by atoms with Crippen LogP contribution in [0.1, 0.15) is 12.8 Å². The van der Waals surface area contributed by atoms with Gasteiger partial charge >= 0.3 is 5.97 Å². The van der Waals surface area contributed by atoms with E-state index in [2.05, 4.69) is 5.32 Å². The minimum Gasteiger partial charge on any atom is -0.480 e. The van der Waals surface area contributed by atoms with Crippen molar-refractivity contribution in [2.45, 2.75) is 18.4 Å². The van der Waals surface area contributed by atoms with Crippen LogP contribution in [0.25, 0.3) is 0 Å². The fraction of sp³-hybridized carbons (Fsp3) is 0.889. The molecule has 94 valence electrons. The number of carboxylic acid groups (broad SMARTS) is 1. The molecule has 0 aromatic rings. The molecule has 1 rings (SSSR count). The molecule has 0 spiro atoms. The summed E-state index contributed by atoms with van der Waals surface area (Å²) >= 11 is 0. The van der Waals surface area contributed by atoms with Crippen molar-refractivity contribution in [2.24, 2.45) is 0 Å². The van der Waals surface area contributed by atoms with E-state index in [4.69, 9.17) is 9.84 Å². The summed E-state index contributed by atoms with van der Waals surface area (Å²) in [4.78, 5) is 11.2. The van der Waals surface area contributed by atoms with Gasteiger partial charge in [0.2, 0.25) is 0 Å². The van der Waals surface area contributed by atoms with E-state index in [0.29, 0.717) is 26.0 Å². The number of sulfone groups is 1. The SMILES string of the molecule is COCCNC1(C(=O)O)CCCS(=O)(=O)C1. The van der Waals surface area contributed by atoms with Crippen LogP contribution in [-0.2, 0) is 19.4 Å². The standard InChI is InChI=1S/C9H17NO5S/c1-15-5-4-10-9(8(11)12)3-2-6-16(13,14)7-9/h10H,2-7H2,1H3,(H,11,12). The van der Waals surface area contributed by atoms with E-state index in [-0.39, 0.29) is 11.5 Å². The van der Waals surface area contributed by atoms with Gasteiger partial charge in [-0.05, 0) is 12.8 Å². The minimum absolute atomic E-state index is 0.0774. The molecule has 6 nitrogen and oxygen atoms in total. The van der Waals surface area contributed by atoms with Gasteiger partial charge in [-0.15, -0.1) is 0 Å². The molecule has 0 aromatic carbocycles. The van der Waals surface area contributed by atoms with Crippen molar-refractivity contribution in [1.82, 2.24) is 5.32 Å². The number of nitrogens with one attached hydrogen (secondary N) is 1. The van der Waals surface area contributed by atoms with Crippen molar-refractivity contribution in [2.75, 3.05) is 31.8 Å². The maximum absolute atomic E-state index is 11.5. The number of ether oxygens (including phenoxy) is 1. The average molecular weight is 251 g/mol. The Morgan fingerprint density at radius 1 is 1.56 bits per heavy atom. The number of carbonyl (C=O) groups is 1. The van der Waals surface area contributed by atoms with Gasteiger partial charge in [-0.2, -0.15) is 0 Å². The summed E-state index contributed by atoms with van der Waals surface area (Å²) in [6.07, 6.45) is 0.722. The smallest absolute Gasteiger partial charge is 0.324 e. The fourth-order valence-electron chi connectivity index (χ4n) is 1.89. The van der Waals surface area contributed by atoms with E-state index in [1.807, 2.05) is 0 Å². The Hall–Kier alpha value is -0.660. The molecule has 7 heteroatoms. The molecule has 1 saturated heterocycles. The Morgan fingerprint density at radius 2 is 2.25 bits per heavy atom. The Kier molecular flexibility index (Phi) is 4.28. The molecule has 0 amide bonds. The Labute approximate surface area is 94.9 Å². The monoisotopic (exact) mass is 251 g/mol. The number of methoxy groups -OCH3 is 1. The second-order valence-electron chi connectivity index (χ2n) is 4.00. The van der Waals surface area contributed by atoms with Crippen LogP contribution in [0.2, 0.25) is 0 Å². The normalized spacial score (nSPS) is 28.8. The molecule has 1 atom stereocenters. The van der Waals surface area contributed by atoms with Gasteiger partial charge in [0.1, 0.15) is 5.54 Å². The summed E-state index contributed by atoms with van der Waals surface area (Å²) in [5.41, 5.74) is -1.34. The lowest BCUT2D eigenvalue weighted by Gasteiger charge is -2.33. The molecule has 0 radical (unpaired) electrons. The van der Waals surface area contributed by atoms with Crippen LogP contribution >= 0.6 is 0 Å². The first-order valence-electron chi connectivity index (χ1n) is 5.10. The van der Waals surface area contributed by atoms with Gasteiger partial charge in [0, 0.05) is 13.7 Å². The first kappa shape index (κ1) is 13.4. The van der Waals surface area contributed by atoms with Crippen molar-refractivity contribution in [1.29, 1.82) is 0 Å². The highest BCUT2D eigenvalue weighted by Gasteiger charge is 2.44. The molecule has 0 aromatic heterocycles. The number of aliphatic carboxylic acids is 1. The van der Waals surface area contributed by atoms with Gasteiger partial charge in [0.15, 0.2) is 9.84 Å². The van der Waals surface area contributed by atoms with Crippen LogP contribution in [-0.4, -0.2) is 56.8 Å². The molecular weight excluding hydrogens is 234 g/mol. The first-order valence-corrected chi connectivity index (χ1v) is 6.92. The van der Waals surface area contributed by atoms with Crippen LogP contribution in [0.3, 0.4) is 0 Å². The van der Waals surface area contributed by atoms with Crippen LogP contribution in [0.4, 0.5) is 0 Å². The number of hydrogen-bond donors (Lipinski definition) is 2. The summed E-state index contributed by atoms with van der Waals surface area (Å²) in [6, 6.07) is 0. The van der Waals surface area contributed by atoms with Crippen LogP contribution in [0.15, 0.2) is 0 Å².